The fourth-order valence-corrected chi connectivity index (χ4v) is 4.61. The number of carboxylic acid groups (broad SMARTS) is 1. The largest absolute Gasteiger partial charge is 0.497 e. The molecular weight excluding hydrogens is 456 g/mol. The van der Waals surface area contributed by atoms with Gasteiger partial charge in [0.25, 0.3) is 0 Å². The molecule has 5 nitrogen and oxygen atoms in total. The first-order chi connectivity index (χ1) is 17.0. The number of benzene rings is 3. The molecule has 1 atom stereocenters. The molecule has 3 aromatic rings. The van der Waals surface area contributed by atoms with Crippen molar-refractivity contribution in [3.8, 4) is 5.75 Å². The van der Waals surface area contributed by atoms with Crippen molar-refractivity contribution >= 4 is 40.1 Å². The number of carbonyl (C=O) groups is 1. The van der Waals surface area contributed by atoms with E-state index in [1.807, 2.05) is 50.2 Å². The molecule has 0 aromatic heterocycles. The highest BCUT2D eigenvalue weighted by atomic mass is 32.2. The van der Waals surface area contributed by atoms with Crippen molar-refractivity contribution in [2.45, 2.75) is 44.6 Å². The fourth-order valence-electron chi connectivity index (χ4n) is 3.93. The van der Waals surface area contributed by atoms with Gasteiger partial charge in [0.15, 0.2) is 0 Å². The second-order valence-corrected chi connectivity index (χ2v) is 9.19. The van der Waals surface area contributed by atoms with Crippen LogP contribution in [0.2, 0.25) is 0 Å². The van der Waals surface area contributed by atoms with Crippen LogP contribution < -0.4 is 14.4 Å². The van der Waals surface area contributed by atoms with Gasteiger partial charge in [-0.15, -0.1) is 0 Å². The number of anilines is 2. The van der Waals surface area contributed by atoms with E-state index < -0.39 is 5.97 Å². The second-order valence-electron chi connectivity index (χ2n) is 8.31. The summed E-state index contributed by atoms with van der Waals surface area (Å²) in [7, 11) is 1.66. The molecule has 3 rings (SSSR count). The van der Waals surface area contributed by atoms with Crippen LogP contribution in [0.3, 0.4) is 0 Å². The molecule has 0 radical (unpaired) electrons. The molecule has 184 valence electrons. The van der Waals surface area contributed by atoms with E-state index in [2.05, 4.69) is 59.0 Å². The zero-order valence-corrected chi connectivity index (χ0v) is 21.6. The van der Waals surface area contributed by atoms with Gasteiger partial charge >= 0.3 is 5.97 Å². The monoisotopic (exact) mass is 490 g/mol. The number of rotatable bonds is 12. The summed E-state index contributed by atoms with van der Waals surface area (Å²) in [5.41, 5.74) is 3.19. The lowest BCUT2D eigenvalue weighted by Crippen LogP contribution is -2.36. The molecule has 0 aliphatic heterocycles. The fraction of sp³-hybridized carbons (Fsp3) is 0.276. The SMILES string of the molecule is C/C=C(\C=C/CC)CN(c1ccc(NSc2ccc(OC)cc2)c2ccccc12)[C@@H](C)CC(=O)O. The number of hydrogen-bond acceptors (Lipinski definition) is 5. The van der Waals surface area contributed by atoms with Gasteiger partial charge in [0, 0.05) is 33.9 Å². The molecule has 35 heavy (non-hydrogen) atoms. The van der Waals surface area contributed by atoms with Crippen LogP contribution in [0.1, 0.15) is 33.6 Å². The lowest BCUT2D eigenvalue weighted by Gasteiger charge is -2.32. The van der Waals surface area contributed by atoms with Crippen LogP contribution >= 0.6 is 11.9 Å². The van der Waals surface area contributed by atoms with Crippen LogP contribution in [0.25, 0.3) is 10.8 Å². The Kier molecular flexibility index (Phi) is 9.67. The van der Waals surface area contributed by atoms with Gasteiger partial charge in [0.05, 0.1) is 19.2 Å². The van der Waals surface area contributed by atoms with Crippen molar-refractivity contribution < 1.29 is 14.6 Å². The first kappa shape index (κ1) is 26.2. The highest BCUT2D eigenvalue weighted by Crippen LogP contribution is 2.36. The maximum absolute atomic E-state index is 11.6. The lowest BCUT2D eigenvalue weighted by molar-refractivity contribution is -0.137. The zero-order valence-electron chi connectivity index (χ0n) is 20.8. The van der Waals surface area contributed by atoms with Crippen LogP contribution in [0.5, 0.6) is 5.75 Å². The molecule has 0 unspecified atom stereocenters. The molecule has 0 heterocycles. The van der Waals surface area contributed by atoms with Crippen molar-refractivity contribution in [2.24, 2.45) is 0 Å². The van der Waals surface area contributed by atoms with Gasteiger partial charge in [-0.1, -0.05) is 49.4 Å². The van der Waals surface area contributed by atoms with Crippen LogP contribution in [0, 0.1) is 0 Å². The summed E-state index contributed by atoms with van der Waals surface area (Å²) >= 11 is 1.54. The Labute approximate surface area is 212 Å². The van der Waals surface area contributed by atoms with Crippen LogP contribution in [0.4, 0.5) is 11.4 Å². The molecule has 0 aliphatic carbocycles. The molecule has 0 aliphatic rings. The second kappa shape index (κ2) is 12.9. The van der Waals surface area contributed by atoms with Crippen LogP contribution in [-0.2, 0) is 4.79 Å². The maximum atomic E-state index is 11.6. The van der Waals surface area contributed by atoms with Crippen molar-refractivity contribution in [1.29, 1.82) is 0 Å². The van der Waals surface area contributed by atoms with E-state index >= 15 is 0 Å². The van der Waals surface area contributed by atoms with E-state index in [1.54, 1.807) is 19.1 Å². The molecule has 0 saturated carbocycles. The number of nitrogens with one attached hydrogen (secondary N) is 1. The van der Waals surface area contributed by atoms with Crippen molar-refractivity contribution in [2.75, 3.05) is 23.3 Å². The van der Waals surface area contributed by atoms with E-state index in [1.165, 1.54) is 0 Å². The zero-order chi connectivity index (χ0) is 25.2. The van der Waals surface area contributed by atoms with Crippen LogP contribution in [0.15, 0.2) is 89.4 Å². The molecule has 0 spiro atoms. The lowest BCUT2D eigenvalue weighted by atomic mass is 10.0. The van der Waals surface area contributed by atoms with Gasteiger partial charge in [-0.25, -0.2) is 0 Å². The summed E-state index contributed by atoms with van der Waals surface area (Å²) in [6.07, 6.45) is 7.38. The number of allylic oxidation sites excluding steroid dienone is 2. The van der Waals surface area contributed by atoms with Crippen molar-refractivity contribution in [3.63, 3.8) is 0 Å². The van der Waals surface area contributed by atoms with Gasteiger partial charge in [-0.05, 0) is 74.2 Å². The predicted octanol–water partition coefficient (Wildman–Crippen LogP) is 7.55. The number of ether oxygens (including phenoxy) is 1. The third-order valence-corrected chi connectivity index (χ3v) is 6.67. The number of carboxylic acids is 1. The highest BCUT2D eigenvalue weighted by molar-refractivity contribution is 8.00. The Bertz CT molecular complexity index is 1190. The standard InChI is InChI=1S/C29H34N2O3S/c1-5-7-10-22(6-2)20-31(21(3)19-29(32)33)28-18-17-27(25-11-8-9-12-26(25)28)30-35-24-15-13-23(34-4)14-16-24/h6-18,21,30H,5,19-20H2,1-4H3,(H,32,33)/b10-7-,22-6+/t21-/m0/s1. The third-order valence-electron chi connectivity index (χ3n) is 5.84. The van der Waals surface area contributed by atoms with Gasteiger partial charge < -0.3 is 19.5 Å². The minimum atomic E-state index is -0.799. The molecule has 0 amide bonds. The number of aliphatic carboxylic acids is 1. The minimum Gasteiger partial charge on any atom is -0.497 e. The smallest absolute Gasteiger partial charge is 0.305 e. The first-order valence-corrected chi connectivity index (χ1v) is 12.7. The Balaban J connectivity index is 1.96. The number of fused-ring (bicyclic) bond motifs is 1. The Morgan fingerprint density at radius 3 is 2.46 bits per heavy atom. The Morgan fingerprint density at radius 1 is 1.11 bits per heavy atom. The average molecular weight is 491 g/mol. The van der Waals surface area contributed by atoms with Crippen LogP contribution in [-0.4, -0.2) is 30.8 Å². The maximum Gasteiger partial charge on any atom is 0.305 e. The molecule has 0 bridgehead atoms. The highest BCUT2D eigenvalue weighted by Gasteiger charge is 2.21. The summed E-state index contributed by atoms with van der Waals surface area (Å²) in [5.74, 6) is 0.0288. The van der Waals surface area contributed by atoms with E-state index in [0.717, 1.165) is 44.8 Å². The van der Waals surface area contributed by atoms with E-state index in [-0.39, 0.29) is 12.5 Å². The third kappa shape index (κ3) is 7.06. The van der Waals surface area contributed by atoms with E-state index in [4.69, 9.17) is 4.74 Å². The summed E-state index contributed by atoms with van der Waals surface area (Å²) in [5, 5.41) is 11.7. The number of hydrogen-bond donors (Lipinski definition) is 2. The minimum absolute atomic E-state index is 0.0656. The first-order valence-electron chi connectivity index (χ1n) is 11.9. The molecular formula is C29H34N2O3S. The van der Waals surface area contributed by atoms with Crippen molar-refractivity contribution in [3.05, 3.63) is 84.5 Å². The molecule has 0 saturated heterocycles. The van der Waals surface area contributed by atoms with Gasteiger partial charge in [-0.2, -0.15) is 0 Å². The topological polar surface area (TPSA) is 61.8 Å². The van der Waals surface area contributed by atoms with Crippen molar-refractivity contribution in [1.82, 2.24) is 0 Å². The Hall–Kier alpha value is -3.38. The average Bonchev–Trinajstić information content (AvgIpc) is 2.87. The van der Waals surface area contributed by atoms with Gasteiger partial charge in [0.1, 0.15) is 5.75 Å². The quantitative estimate of drug-likeness (QED) is 0.202. The number of nitrogens with zero attached hydrogens (tertiary/aromatic N) is 1. The summed E-state index contributed by atoms with van der Waals surface area (Å²) < 4.78 is 8.74. The van der Waals surface area contributed by atoms with Gasteiger partial charge in [-0.3, -0.25) is 4.79 Å². The van der Waals surface area contributed by atoms with E-state index in [0.29, 0.717) is 6.54 Å². The van der Waals surface area contributed by atoms with E-state index in [9.17, 15) is 9.90 Å². The molecule has 6 heteroatoms. The molecule has 3 aromatic carbocycles. The predicted molar refractivity (Wildman–Crippen MR) is 149 cm³/mol. The Morgan fingerprint density at radius 2 is 1.83 bits per heavy atom. The number of methoxy groups -OCH3 is 1. The summed E-state index contributed by atoms with van der Waals surface area (Å²) in [6.45, 7) is 6.75. The molecule has 0 fully saturated rings. The normalized spacial score (nSPS) is 12.6. The summed E-state index contributed by atoms with van der Waals surface area (Å²) in [4.78, 5) is 14.9. The van der Waals surface area contributed by atoms with Gasteiger partial charge in [0.2, 0.25) is 0 Å². The molecule has 2 N–H and O–H groups in total. The summed E-state index contributed by atoms with van der Waals surface area (Å²) in [6, 6.07) is 20.2.